The lowest BCUT2D eigenvalue weighted by Crippen LogP contribution is -2.50. The van der Waals surface area contributed by atoms with Crippen molar-refractivity contribution in [2.75, 3.05) is 0 Å². The van der Waals surface area contributed by atoms with Gasteiger partial charge >= 0.3 is 0 Å². The molecule has 6 aliphatic carbocycles. The SMILES string of the molecule is CCC1=c2c3c4c(ccc5c4c4c2=C(CC1)C(C)(C)C1=C4C(CC(C)=C1)C5(C)C)C(C)(C)C1=C3C(CC)CC(C)=C1. The smallest absolute Gasteiger partial charge is 0.0155 e. The van der Waals surface area contributed by atoms with Crippen molar-refractivity contribution in [3.63, 3.8) is 0 Å². The average molecular weight is 541 g/mol. The Kier molecular flexibility index (Phi) is 5.00. The van der Waals surface area contributed by atoms with E-state index in [0.29, 0.717) is 11.8 Å². The van der Waals surface area contributed by atoms with E-state index < -0.39 is 0 Å². The third-order valence-electron chi connectivity index (χ3n) is 12.8. The second kappa shape index (κ2) is 7.86. The summed E-state index contributed by atoms with van der Waals surface area (Å²) in [5.41, 5.74) is 19.9. The molecule has 0 aliphatic heterocycles. The van der Waals surface area contributed by atoms with Crippen LogP contribution in [-0.4, -0.2) is 0 Å². The van der Waals surface area contributed by atoms with Crippen LogP contribution in [0.4, 0.5) is 0 Å². The number of hydrogen-bond acceptors (Lipinski definition) is 0. The minimum absolute atomic E-state index is 0.000293. The molecule has 0 aromatic heterocycles. The van der Waals surface area contributed by atoms with E-state index in [0.717, 1.165) is 6.42 Å². The molecular formula is C41H48. The predicted octanol–water partition coefficient (Wildman–Crippen LogP) is 9.82. The van der Waals surface area contributed by atoms with Crippen molar-refractivity contribution in [1.29, 1.82) is 0 Å². The Morgan fingerprint density at radius 2 is 1.32 bits per heavy atom. The third-order valence-corrected chi connectivity index (χ3v) is 12.8. The van der Waals surface area contributed by atoms with Crippen LogP contribution in [-0.2, 0) is 10.8 Å². The van der Waals surface area contributed by atoms with Gasteiger partial charge in [-0.25, -0.2) is 0 Å². The molecule has 41 heavy (non-hydrogen) atoms. The number of fused-ring (bicyclic) bond motifs is 2. The zero-order chi connectivity index (χ0) is 29.0. The Balaban J connectivity index is 1.74. The average Bonchev–Trinajstić information content (AvgIpc) is 2.92. The van der Waals surface area contributed by atoms with Gasteiger partial charge in [0, 0.05) is 10.8 Å². The Morgan fingerprint density at radius 1 is 0.707 bits per heavy atom. The van der Waals surface area contributed by atoms with Crippen LogP contribution in [0.3, 0.4) is 0 Å². The zero-order valence-corrected chi connectivity index (χ0v) is 27.2. The van der Waals surface area contributed by atoms with Crippen molar-refractivity contribution in [2.45, 2.75) is 119 Å². The van der Waals surface area contributed by atoms with Gasteiger partial charge in [0.2, 0.25) is 0 Å². The van der Waals surface area contributed by atoms with Crippen LogP contribution < -0.4 is 10.4 Å². The van der Waals surface area contributed by atoms with Gasteiger partial charge in [-0.05, 0) is 135 Å². The summed E-state index contributed by atoms with van der Waals surface area (Å²) in [7, 11) is 0. The molecule has 0 N–H and O–H groups in total. The van der Waals surface area contributed by atoms with Crippen LogP contribution >= 0.6 is 0 Å². The van der Waals surface area contributed by atoms with Crippen molar-refractivity contribution in [3.8, 4) is 0 Å². The van der Waals surface area contributed by atoms with Gasteiger partial charge in [0.05, 0.1) is 0 Å². The molecular weight excluding hydrogens is 492 g/mol. The van der Waals surface area contributed by atoms with Crippen molar-refractivity contribution in [2.24, 2.45) is 17.3 Å². The monoisotopic (exact) mass is 540 g/mol. The zero-order valence-electron chi connectivity index (χ0n) is 27.2. The summed E-state index contributed by atoms with van der Waals surface area (Å²) in [4.78, 5) is 0. The van der Waals surface area contributed by atoms with Gasteiger partial charge in [-0.2, -0.15) is 0 Å². The summed E-state index contributed by atoms with van der Waals surface area (Å²) in [6, 6.07) is 5.14. The normalized spacial score (nSPS) is 27.7. The fraction of sp³-hybridized carbons (Fsp3) is 0.512. The maximum atomic E-state index is 2.61. The van der Waals surface area contributed by atoms with E-state index in [2.05, 4.69) is 93.5 Å². The van der Waals surface area contributed by atoms with Crippen LogP contribution in [0.25, 0.3) is 33.1 Å². The maximum absolute atomic E-state index is 2.61. The first-order valence-corrected chi connectivity index (χ1v) is 16.6. The topological polar surface area (TPSA) is 0 Å². The molecule has 2 aromatic carbocycles. The molecule has 0 heteroatoms. The standard InChI is InChI=1S/C41H48/c1-11-23-13-14-25-34-32(23)37-31-24(12-2)17-21(3)18-28(31)39(5,6)26-15-16-27-36(35(26)37)38(34)33-29(40(25,7)8)19-22(4)20-30(33)41(27,9)10/h15-16,18-19,24,30H,11-14,17,20H2,1-10H3. The number of rotatable bonds is 2. The molecule has 0 amide bonds. The fourth-order valence-corrected chi connectivity index (χ4v) is 10.6. The summed E-state index contributed by atoms with van der Waals surface area (Å²) in [5, 5.41) is 6.61. The molecule has 0 spiro atoms. The first-order chi connectivity index (χ1) is 19.3. The third kappa shape index (κ3) is 2.89. The fourth-order valence-electron chi connectivity index (χ4n) is 10.6. The Bertz CT molecular complexity index is 1880. The quantitative estimate of drug-likeness (QED) is 0.356. The number of benzene rings is 2. The first kappa shape index (κ1) is 26.1. The van der Waals surface area contributed by atoms with E-state index in [4.69, 9.17) is 0 Å². The van der Waals surface area contributed by atoms with Crippen molar-refractivity contribution >= 4 is 33.1 Å². The lowest BCUT2D eigenvalue weighted by atomic mass is 9.51. The summed E-state index contributed by atoms with van der Waals surface area (Å²) < 4.78 is 0. The van der Waals surface area contributed by atoms with Gasteiger partial charge in [0.25, 0.3) is 0 Å². The number of hydrogen-bond donors (Lipinski definition) is 0. The van der Waals surface area contributed by atoms with Crippen LogP contribution in [0, 0.1) is 17.3 Å². The second-order valence-electron chi connectivity index (χ2n) is 16.0. The van der Waals surface area contributed by atoms with Crippen molar-refractivity contribution < 1.29 is 0 Å². The van der Waals surface area contributed by atoms with Gasteiger partial charge in [0.15, 0.2) is 0 Å². The predicted molar refractivity (Wildman–Crippen MR) is 177 cm³/mol. The van der Waals surface area contributed by atoms with Crippen LogP contribution in [0.1, 0.15) is 130 Å². The maximum Gasteiger partial charge on any atom is 0.0155 e. The highest BCUT2D eigenvalue weighted by molar-refractivity contribution is 6.12. The molecule has 6 aliphatic rings. The van der Waals surface area contributed by atoms with E-state index in [1.807, 2.05) is 0 Å². The van der Waals surface area contributed by atoms with E-state index >= 15 is 0 Å². The molecule has 0 fully saturated rings. The van der Waals surface area contributed by atoms with Gasteiger partial charge in [0.1, 0.15) is 0 Å². The molecule has 8 rings (SSSR count). The van der Waals surface area contributed by atoms with Crippen molar-refractivity contribution in [3.05, 3.63) is 79.3 Å². The highest BCUT2D eigenvalue weighted by Gasteiger charge is 2.51. The Hall–Kier alpha value is -2.60. The van der Waals surface area contributed by atoms with Gasteiger partial charge in [-0.15, -0.1) is 0 Å². The van der Waals surface area contributed by atoms with Crippen LogP contribution in [0.2, 0.25) is 0 Å². The molecule has 212 valence electrons. The van der Waals surface area contributed by atoms with Gasteiger partial charge in [-0.3, -0.25) is 0 Å². The highest BCUT2D eigenvalue weighted by Crippen LogP contribution is 2.62. The molecule has 0 bridgehead atoms. The Labute approximate surface area is 247 Å². The van der Waals surface area contributed by atoms with Crippen LogP contribution in [0.5, 0.6) is 0 Å². The lowest BCUT2D eigenvalue weighted by Gasteiger charge is -2.52. The summed E-state index contributed by atoms with van der Waals surface area (Å²) in [6.45, 7) is 24.9. The van der Waals surface area contributed by atoms with E-state index in [1.165, 1.54) is 32.1 Å². The van der Waals surface area contributed by atoms with E-state index in [-0.39, 0.29) is 16.2 Å². The molecule has 2 atom stereocenters. The van der Waals surface area contributed by atoms with Gasteiger partial charge < -0.3 is 0 Å². The number of allylic oxidation sites excluding steroid dienone is 8. The van der Waals surface area contributed by atoms with E-state index in [9.17, 15) is 0 Å². The van der Waals surface area contributed by atoms with Gasteiger partial charge in [-0.1, -0.05) is 102 Å². The van der Waals surface area contributed by atoms with E-state index in [1.54, 1.807) is 88.0 Å². The summed E-state index contributed by atoms with van der Waals surface area (Å²) in [6.07, 6.45) is 12.4. The minimum Gasteiger partial charge on any atom is -0.0724 e. The minimum atomic E-state index is -0.000293. The molecule has 2 unspecified atom stereocenters. The highest BCUT2D eigenvalue weighted by atomic mass is 14.5. The first-order valence-electron chi connectivity index (χ1n) is 16.6. The molecule has 0 nitrogen and oxygen atoms in total. The summed E-state index contributed by atoms with van der Waals surface area (Å²) >= 11 is 0. The molecule has 0 saturated carbocycles. The van der Waals surface area contributed by atoms with Crippen molar-refractivity contribution in [1.82, 2.24) is 0 Å². The second-order valence-corrected chi connectivity index (χ2v) is 16.0. The largest absolute Gasteiger partial charge is 0.0724 e. The molecule has 2 aromatic rings. The molecule has 0 heterocycles. The summed E-state index contributed by atoms with van der Waals surface area (Å²) in [5.74, 6) is 1.14. The van der Waals surface area contributed by atoms with Crippen LogP contribution in [0.15, 0.2) is 46.6 Å². The Morgan fingerprint density at radius 3 is 2.00 bits per heavy atom. The lowest BCUT2D eigenvalue weighted by molar-refractivity contribution is 0.378. The molecule has 0 radical (unpaired) electrons. The molecule has 0 saturated heterocycles.